The van der Waals surface area contributed by atoms with Gasteiger partial charge in [-0.15, -0.1) is 0 Å². The Bertz CT molecular complexity index is 1030. The molecule has 0 spiro atoms. The summed E-state index contributed by atoms with van der Waals surface area (Å²) in [4.78, 5) is 41.8. The predicted molar refractivity (Wildman–Crippen MR) is 99.8 cm³/mol. The standard InChI is InChI=1S/C21H18N2O4/c1-2-27-21(26)18-14(13-7-5-6-10-17(13)22-18)11-12-23-19(24)15-8-3-4-9-16(15)20(23)25/h3-10,22H,2,11-12H2,1H3. The van der Waals surface area contributed by atoms with Crippen molar-refractivity contribution in [3.05, 3.63) is 70.9 Å². The summed E-state index contributed by atoms with van der Waals surface area (Å²) >= 11 is 0. The summed E-state index contributed by atoms with van der Waals surface area (Å²) in [5, 5.41) is 0.886. The second kappa shape index (κ2) is 6.72. The van der Waals surface area contributed by atoms with Crippen LogP contribution in [-0.2, 0) is 11.2 Å². The van der Waals surface area contributed by atoms with Gasteiger partial charge < -0.3 is 9.72 Å². The van der Waals surface area contributed by atoms with Crippen LogP contribution in [0.15, 0.2) is 48.5 Å². The van der Waals surface area contributed by atoms with E-state index < -0.39 is 5.97 Å². The monoisotopic (exact) mass is 362 g/mol. The smallest absolute Gasteiger partial charge is 0.355 e. The number of rotatable bonds is 5. The first-order valence-electron chi connectivity index (χ1n) is 8.83. The second-order valence-electron chi connectivity index (χ2n) is 6.30. The first-order chi connectivity index (χ1) is 13.1. The number of hydrogen-bond donors (Lipinski definition) is 1. The summed E-state index contributed by atoms with van der Waals surface area (Å²) in [6, 6.07) is 14.4. The third-order valence-electron chi connectivity index (χ3n) is 4.76. The fourth-order valence-corrected chi connectivity index (χ4v) is 3.50. The first kappa shape index (κ1) is 17.0. The zero-order valence-corrected chi connectivity index (χ0v) is 14.8. The summed E-state index contributed by atoms with van der Waals surface area (Å²) in [6.45, 7) is 2.21. The Hall–Kier alpha value is -3.41. The molecule has 6 heteroatoms. The molecule has 2 aromatic carbocycles. The lowest BCUT2D eigenvalue weighted by molar-refractivity contribution is 0.0519. The number of para-hydroxylation sites is 1. The van der Waals surface area contributed by atoms with Crippen molar-refractivity contribution in [1.29, 1.82) is 0 Å². The number of esters is 1. The molecule has 6 nitrogen and oxygen atoms in total. The van der Waals surface area contributed by atoms with Gasteiger partial charge in [0.15, 0.2) is 0 Å². The van der Waals surface area contributed by atoms with Gasteiger partial charge in [-0.3, -0.25) is 14.5 Å². The molecule has 3 aromatic rings. The number of nitrogens with one attached hydrogen (secondary N) is 1. The number of ether oxygens (including phenoxy) is 1. The number of imide groups is 1. The van der Waals surface area contributed by atoms with Crippen LogP contribution in [0.4, 0.5) is 0 Å². The van der Waals surface area contributed by atoms with Crippen molar-refractivity contribution < 1.29 is 19.1 Å². The summed E-state index contributed by atoms with van der Waals surface area (Å²) in [5.74, 6) is -1.03. The summed E-state index contributed by atoms with van der Waals surface area (Å²) < 4.78 is 5.15. The highest BCUT2D eigenvalue weighted by molar-refractivity contribution is 6.21. The van der Waals surface area contributed by atoms with Crippen molar-refractivity contribution in [2.75, 3.05) is 13.2 Å². The molecular weight excluding hydrogens is 344 g/mol. The molecule has 0 fully saturated rings. The second-order valence-corrected chi connectivity index (χ2v) is 6.30. The van der Waals surface area contributed by atoms with Crippen molar-refractivity contribution >= 4 is 28.7 Å². The molecule has 0 aliphatic carbocycles. The fraction of sp³-hybridized carbons (Fsp3) is 0.190. The van der Waals surface area contributed by atoms with Crippen LogP contribution in [0.1, 0.15) is 43.7 Å². The predicted octanol–water partition coefficient (Wildman–Crippen LogP) is 3.18. The van der Waals surface area contributed by atoms with E-state index in [1.165, 1.54) is 4.90 Å². The highest BCUT2D eigenvalue weighted by Crippen LogP contribution is 2.26. The molecular formula is C21H18N2O4. The Morgan fingerprint density at radius 3 is 2.30 bits per heavy atom. The molecule has 0 atom stereocenters. The lowest BCUT2D eigenvalue weighted by atomic mass is 10.1. The van der Waals surface area contributed by atoms with E-state index in [1.807, 2.05) is 24.3 Å². The van der Waals surface area contributed by atoms with E-state index >= 15 is 0 Å². The van der Waals surface area contributed by atoms with Crippen molar-refractivity contribution in [3.63, 3.8) is 0 Å². The fourth-order valence-electron chi connectivity index (χ4n) is 3.50. The molecule has 1 N–H and O–H groups in total. The van der Waals surface area contributed by atoms with Gasteiger partial charge in [0.05, 0.1) is 17.7 Å². The molecule has 0 saturated carbocycles. The van der Waals surface area contributed by atoms with E-state index in [-0.39, 0.29) is 25.0 Å². The van der Waals surface area contributed by atoms with Crippen molar-refractivity contribution in [3.8, 4) is 0 Å². The SMILES string of the molecule is CCOC(=O)c1[nH]c2ccccc2c1CCN1C(=O)c2ccccc2C1=O. The third-order valence-corrected chi connectivity index (χ3v) is 4.76. The largest absolute Gasteiger partial charge is 0.461 e. The van der Waals surface area contributed by atoms with Gasteiger partial charge in [0.25, 0.3) is 11.8 Å². The van der Waals surface area contributed by atoms with Gasteiger partial charge in [-0.1, -0.05) is 30.3 Å². The Morgan fingerprint density at radius 1 is 1.00 bits per heavy atom. The van der Waals surface area contributed by atoms with Gasteiger partial charge in [-0.25, -0.2) is 4.79 Å². The molecule has 2 amide bonds. The van der Waals surface area contributed by atoms with E-state index in [0.29, 0.717) is 23.2 Å². The van der Waals surface area contributed by atoms with Crippen LogP contribution in [0, 0.1) is 0 Å². The molecule has 27 heavy (non-hydrogen) atoms. The zero-order valence-electron chi connectivity index (χ0n) is 14.8. The Labute approximate surface area is 155 Å². The minimum Gasteiger partial charge on any atom is -0.461 e. The topological polar surface area (TPSA) is 79.5 Å². The van der Waals surface area contributed by atoms with Crippen LogP contribution in [0.5, 0.6) is 0 Å². The summed E-state index contributed by atoms with van der Waals surface area (Å²) in [6.07, 6.45) is 0.365. The molecule has 0 bridgehead atoms. The van der Waals surface area contributed by atoms with E-state index in [2.05, 4.69) is 4.98 Å². The number of hydrogen-bond acceptors (Lipinski definition) is 4. The maximum absolute atomic E-state index is 12.6. The van der Waals surface area contributed by atoms with E-state index in [1.54, 1.807) is 31.2 Å². The number of amides is 2. The molecule has 0 unspecified atom stereocenters. The number of aromatic nitrogens is 1. The van der Waals surface area contributed by atoms with E-state index in [4.69, 9.17) is 4.74 Å². The van der Waals surface area contributed by atoms with Gasteiger partial charge in [-0.05, 0) is 37.1 Å². The van der Waals surface area contributed by atoms with Gasteiger partial charge in [-0.2, -0.15) is 0 Å². The maximum Gasteiger partial charge on any atom is 0.355 e. The summed E-state index contributed by atoms with van der Waals surface area (Å²) in [7, 11) is 0. The highest BCUT2D eigenvalue weighted by atomic mass is 16.5. The normalized spacial score (nSPS) is 13.3. The molecule has 4 rings (SSSR count). The minimum absolute atomic E-state index is 0.195. The highest BCUT2D eigenvalue weighted by Gasteiger charge is 2.35. The van der Waals surface area contributed by atoms with Gasteiger partial charge in [0.2, 0.25) is 0 Å². The average Bonchev–Trinajstić information content (AvgIpc) is 3.17. The first-order valence-corrected chi connectivity index (χ1v) is 8.83. The van der Waals surface area contributed by atoms with Gasteiger partial charge >= 0.3 is 5.97 Å². The minimum atomic E-state index is -0.439. The number of carbonyl (C=O) groups is 3. The molecule has 1 aromatic heterocycles. The van der Waals surface area contributed by atoms with Crippen LogP contribution in [0.2, 0.25) is 0 Å². The van der Waals surface area contributed by atoms with E-state index in [9.17, 15) is 14.4 Å². The van der Waals surface area contributed by atoms with Gasteiger partial charge in [0, 0.05) is 17.4 Å². The van der Waals surface area contributed by atoms with Crippen molar-refractivity contribution in [2.45, 2.75) is 13.3 Å². The van der Waals surface area contributed by atoms with Crippen molar-refractivity contribution in [1.82, 2.24) is 9.88 Å². The van der Waals surface area contributed by atoms with Crippen molar-refractivity contribution in [2.24, 2.45) is 0 Å². The molecule has 2 heterocycles. The number of carbonyl (C=O) groups excluding carboxylic acids is 3. The molecule has 0 radical (unpaired) electrons. The number of fused-ring (bicyclic) bond motifs is 2. The summed E-state index contributed by atoms with van der Waals surface area (Å²) in [5.41, 5.74) is 2.78. The molecule has 136 valence electrons. The van der Waals surface area contributed by atoms with Crippen LogP contribution in [0.25, 0.3) is 10.9 Å². The van der Waals surface area contributed by atoms with E-state index in [0.717, 1.165) is 16.5 Å². The number of nitrogens with zero attached hydrogens (tertiary/aromatic N) is 1. The maximum atomic E-state index is 12.6. The van der Waals surface area contributed by atoms with Crippen LogP contribution in [0.3, 0.4) is 0 Å². The Morgan fingerprint density at radius 2 is 1.63 bits per heavy atom. The number of H-pyrrole nitrogens is 1. The Kier molecular flexibility index (Phi) is 4.24. The molecule has 1 aliphatic rings. The average molecular weight is 362 g/mol. The van der Waals surface area contributed by atoms with Crippen LogP contribution >= 0.6 is 0 Å². The Balaban J connectivity index is 1.65. The van der Waals surface area contributed by atoms with Crippen LogP contribution < -0.4 is 0 Å². The zero-order chi connectivity index (χ0) is 19.0. The quantitative estimate of drug-likeness (QED) is 0.558. The third kappa shape index (κ3) is 2.79. The lowest BCUT2D eigenvalue weighted by Crippen LogP contribution is -2.32. The number of benzene rings is 2. The lowest BCUT2D eigenvalue weighted by Gasteiger charge is -2.14. The molecule has 0 saturated heterocycles. The van der Waals surface area contributed by atoms with Crippen LogP contribution in [-0.4, -0.2) is 40.8 Å². The van der Waals surface area contributed by atoms with Gasteiger partial charge in [0.1, 0.15) is 5.69 Å². The molecule has 1 aliphatic heterocycles. The number of aromatic amines is 1.